The topological polar surface area (TPSA) is 29.5 Å². The Bertz CT molecular complexity index is 1140. The molecule has 0 amide bonds. The Kier molecular flexibility index (Phi) is 4.27. The minimum atomic E-state index is -1.15. The molecular formula is C27H24O2. The first kappa shape index (κ1) is 18.1. The van der Waals surface area contributed by atoms with Gasteiger partial charge in [-0.25, -0.2) is 0 Å². The molecule has 1 fully saturated rings. The molecule has 1 aliphatic rings. The molecule has 0 bridgehead atoms. The van der Waals surface area contributed by atoms with E-state index in [-0.39, 0.29) is 6.10 Å². The predicted molar refractivity (Wildman–Crippen MR) is 117 cm³/mol. The van der Waals surface area contributed by atoms with E-state index in [0.29, 0.717) is 6.42 Å². The van der Waals surface area contributed by atoms with E-state index in [4.69, 9.17) is 4.74 Å². The SMILES string of the molecule is C[C@@]1(c2ccccc2)O[C@H](c2ccccc2)C[C@]1(O)c1ccc2ccccc2c1. The molecule has 1 N–H and O–H groups in total. The molecule has 5 rings (SSSR count). The summed E-state index contributed by atoms with van der Waals surface area (Å²) in [5, 5.41) is 14.5. The third-order valence-corrected chi connectivity index (χ3v) is 6.37. The lowest BCUT2D eigenvalue weighted by Gasteiger charge is -2.39. The Balaban J connectivity index is 1.67. The Morgan fingerprint density at radius 1 is 0.724 bits per heavy atom. The van der Waals surface area contributed by atoms with Gasteiger partial charge >= 0.3 is 0 Å². The van der Waals surface area contributed by atoms with Crippen LogP contribution in [0.4, 0.5) is 0 Å². The molecule has 0 saturated carbocycles. The van der Waals surface area contributed by atoms with Crippen LogP contribution in [0.5, 0.6) is 0 Å². The molecule has 0 radical (unpaired) electrons. The molecule has 1 aliphatic heterocycles. The van der Waals surface area contributed by atoms with Gasteiger partial charge in [-0.15, -0.1) is 0 Å². The fourth-order valence-electron chi connectivity index (χ4n) is 4.64. The summed E-state index contributed by atoms with van der Waals surface area (Å²) in [6.07, 6.45) is 0.318. The van der Waals surface area contributed by atoms with Crippen LogP contribution in [0.25, 0.3) is 10.8 Å². The van der Waals surface area contributed by atoms with Gasteiger partial charge in [-0.2, -0.15) is 0 Å². The van der Waals surface area contributed by atoms with Gasteiger partial charge in [0.15, 0.2) is 0 Å². The van der Waals surface area contributed by atoms with Gasteiger partial charge in [0.1, 0.15) is 11.2 Å². The van der Waals surface area contributed by atoms with E-state index in [1.165, 1.54) is 5.39 Å². The summed E-state index contributed by atoms with van der Waals surface area (Å²) < 4.78 is 6.65. The fraction of sp³-hybridized carbons (Fsp3) is 0.185. The fourth-order valence-corrected chi connectivity index (χ4v) is 4.64. The first-order chi connectivity index (χ1) is 14.1. The van der Waals surface area contributed by atoms with Crippen LogP contribution >= 0.6 is 0 Å². The number of aliphatic hydroxyl groups is 1. The quantitative estimate of drug-likeness (QED) is 0.465. The number of ether oxygens (including phenoxy) is 1. The Hall–Kier alpha value is -2.94. The van der Waals surface area contributed by atoms with Crippen LogP contribution < -0.4 is 0 Å². The highest BCUT2D eigenvalue weighted by Gasteiger charge is 2.58. The molecule has 3 atom stereocenters. The maximum absolute atomic E-state index is 12.2. The maximum atomic E-state index is 12.2. The van der Waals surface area contributed by atoms with Crippen LogP contribution in [0.2, 0.25) is 0 Å². The predicted octanol–water partition coefficient (Wildman–Crippen LogP) is 6.10. The largest absolute Gasteiger partial charge is 0.382 e. The van der Waals surface area contributed by atoms with Crippen LogP contribution in [0, 0.1) is 0 Å². The summed E-state index contributed by atoms with van der Waals surface area (Å²) in [6, 6.07) is 34.7. The normalized spacial score (nSPS) is 26.6. The van der Waals surface area contributed by atoms with E-state index in [9.17, 15) is 5.11 Å². The molecule has 2 nitrogen and oxygen atoms in total. The Morgan fingerprint density at radius 2 is 1.34 bits per heavy atom. The molecule has 4 aromatic carbocycles. The number of hydrogen-bond donors (Lipinski definition) is 1. The zero-order valence-corrected chi connectivity index (χ0v) is 16.5. The van der Waals surface area contributed by atoms with Gasteiger partial charge in [0.25, 0.3) is 0 Å². The summed E-state index contributed by atoms with van der Waals surface area (Å²) in [5.74, 6) is 0. The van der Waals surface area contributed by atoms with Crippen molar-refractivity contribution in [1.29, 1.82) is 0 Å². The average Bonchev–Trinajstić information content (AvgIpc) is 3.07. The van der Waals surface area contributed by atoms with Crippen molar-refractivity contribution < 1.29 is 9.84 Å². The van der Waals surface area contributed by atoms with E-state index in [1.807, 2.05) is 73.7 Å². The number of hydrogen-bond acceptors (Lipinski definition) is 2. The summed E-state index contributed by atoms with van der Waals surface area (Å²) >= 11 is 0. The highest BCUT2D eigenvalue weighted by atomic mass is 16.5. The summed E-state index contributed by atoms with van der Waals surface area (Å²) in [4.78, 5) is 0. The summed E-state index contributed by atoms with van der Waals surface area (Å²) in [6.45, 7) is 2.01. The first-order valence-electron chi connectivity index (χ1n) is 10.1. The van der Waals surface area contributed by atoms with E-state index in [0.717, 1.165) is 22.1 Å². The van der Waals surface area contributed by atoms with Crippen molar-refractivity contribution in [2.75, 3.05) is 0 Å². The molecule has 0 spiro atoms. The van der Waals surface area contributed by atoms with E-state index < -0.39 is 11.2 Å². The zero-order chi connectivity index (χ0) is 19.9. The second-order valence-corrected chi connectivity index (χ2v) is 8.04. The summed E-state index contributed by atoms with van der Waals surface area (Å²) in [7, 11) is 0. The van der Waals surface area contributed by atoms with Crippen molar-refractivity contribution in [1.82, 2.24) is 0 Å². The minimum absolute atomic E-state index is 0.183. The Labute approximate surface area is 171 Å². The lowest BCUT2D eigenvalue weighted by Crippen LogP contribution is -2.43. The van der Waals surface area contributed by atoms with Crippen LogP contribution in [0.1, 0.15) is 36.1 Å². The van der Waals surface area contributed by atoms with Crippen LogP contribution in [0.15, 0.2) is 103 Å². The van der Waals surface area contributed by atoms with Crippen LogP contribution in [-0.2, 0) is 15.9 Å². The molecule has 0 aromatic heterocycles. The van der Waals surface area contributed by atoms with Gasteiger partial charge in [-0.05, 0) is 40.5 Å². The molecule has 2 heteroatoms. The van der Waals surface area contributed by atoms with Gasteiger partial charge < -0.3 is 9.84 Å². The number of fused-ring (bicyclic) bond motifs is 1. The van der Waals surface area contributed by atoms with Crippen molar-refractivity contribution in [3.63, 3.8) is 0 Å². The van der Waals surface area contributed by atoms with Gasteiger partial charge in [0.2, 0.25) is 0 Å². The van der Waals surface area contributed by atoms with Gasteiger partial charge in [-0.3, -0.25) is 0 Å². The zero-order valence-electron chi connectivity index (χ0n) is 16.5. The molecule has 29 heavy (non-hydrogen) atoms. The monoisotopic (exact) mass is 380 g/mol. The second kappa shape index (κ2) is 6.84. The van der Waals surface area contributed by atoms with Crippen LogP contribution in [-0.4, -0.2) is 5.11 Å². The molecule has 0 aliphatic carbocycles. The minimum Gasteiger partial charge on any atom is -0.382 e. The summed E-state index contributed by atoms with van der Waals surface area (Å²) in [5.41, 5.74) is 0.942. The van der Waals surface area contributed by atoms with E-state index in [2.05, 4.69) is 36.4 Å². The van der Waals surface area contributed by atoms with E-state index in [1.54, 1.807) is 0 Å². The molecule has 1 saturated heterocycles. The molecule has 144 valence electrons. The smallest absolute Gasteiger partial charge is 0.125 e. The first-order valence-corrected chi connectivity index (χ1v) is 10.1. The van der Waals surface area contributed by atoms with Gasteiger partial charge in [0, 0.05) is 6.42 Å². The lowest BCUT2D eigenvalue weighted by atomic mass is 9.73. The van der Waals surface area contributed by atoms with Gasteiger partial charge in [0.05, 0.1) is 6.10 Å². The second-order valence-electron chi connectivity index (χ2n) is 8.04. The van der Waals surface area contributed by atoms with Crippen molar-refractivity contribution in [3.8, 4) is 0 Å². The highest BCUT2D eigenvalue weighted by Crippen LogP contribution is 2.57. The molecule has 1 heterocycles. The maximum Gasteiger partial charge on any atom is 0.125 e. The van der Waals surface area contributed by atoms with Crippen LogP contribution in [0.3, 0.4) is 0 Å². The van der Waals surface area contributed by atoms with Crippen molar-refractivity contribution in [3.05, 3.63) is 120 Å². The van der Waals surface area contributed by atoms with Crippen molar-refractivity contribution in [2.24, 2.45) is 0 Å². The Morgan fingerprint density at radius 3 is 2.07 bits per heavy atom. The number of rotatable bonds is 3. The standard InChI is InChI=1S/C27H24O2/c1-26(23-14-6-3-7-15-23)27(28,19-25(29-26)21-11-4-2-5-12-21)24-17-16-20-10-8-9-13-22(20)18-24/h2-18,25,28H,19H2,1H3/t25-,26-,27-/m0/s1. The molecule has 4 aromatic rings. The highest BCUT2D eigenvalue weighted by molar-refractivity contribution is 5.83. The molecule has 0 unspecified atom stereocenters. The third-order valence-electron chi connectivity index (χ3n) is 6.37. The third kappa shape index (κ3) is 2.88. The van der Waals surface area contributed by atoms with E-state index >= 15 is 0 Å². The van der Waals surface area contributed by atoms with Crippen molar-refractivity contribution in [2.45, 2.75) is 30.7 Å². The number of benzene rings is 4. The van der Waals surface area contributed by atoms with Crippen molar-refractivity contribution >= 4 is 10.8 Å². The molecular weight excluding hydrogens is 356 g/mol. The van der Waals surface area contributed by atoms with Gasteiger partial charge in [-0.1, -0.05) is 97.1 Å². The average molecular weight is 380 g/mol. The lowest BCUT2D eigenvalue weighted by molar-refractivity contribution is -0.132.